The van der Waals surface area contributed by atoms with Crippen molar-refractivity contribution >= 4 is 23.3 Å². The van der Waals surface area contributed by atoms with Crippen molar-refractivity contribution in [2.24, 2.45) is 0 Å². The lowest BCUT2D eigenvalue weighted by Gasteiger charge is -2.25. The van der Waals surface area contributed by atoms with Crippen LogP contribution in [0.4, 0.5) is 16.2 Å². The minimum absolute atomic E-state index is 0.0482. The normalized spacial score (nSPS) is 10.6. The molecule has 0 radical (unpaired) electrons. The van der Waals surface area contributed by atoms with E-state index in [1.54, 1.807) is 17.2 Å². The van der Waals surface area contributed by atoms with Crippen molar-refractivity contribution in [1.29, 1.82) is 0 Å². The van der Waals surface area contributed by atoms with E-state index in [4.69, 9.17) is 4.42 Å². The van der Waals surface area contributed by atoms with E-state index in [0.29, 0.717) is 18.8 Å². The van der Waals surface area contributed by atoms with Gasteiger partial charge in [-0.15, -0.1) is 0 Å². The van der Waals surface area contributed by atoms with Crippen LogP contribution in [-0.4, -0.2) is 37.0 Å². The minimum Gasteiger partial charge on any atom is -0.467 e. The molecule has 1 aromatic carbocycles. The van der Waals surface area contributed by atoms with E-state index in [-0.39, 0.29) is 18.0 Å². The number of hydrogen-bond acceptors (Lipinski definition) is 4. The Morgan fingerprint density at radius 1 is 1.15 bits per heavy atom. The standard InChI is InChI=1S/C20H28N4O3/c1-14(2)21-20(26)22-17-8-9-19(23(4)5)16(11-17)12-24(15(3)25)13-18-7-6-10-27-18/h6-11,14H,12-13H2,1-5H3,(H2,21,22,26). The Bertz CT molecular complexity index is 770. The number of benzene rings is 1. The van der Waals surface area contributed by atoms with Gasteiger partial charge in [0.2, 0.25) is 5.91 Å². The van der Waals surface area contributed by atoms with E-state index in [2.05, 4.69) is 10.6 Å². The maximum atomic E-state index is 12.1. The smallest absolute Gasteiger partial charge is 0.319 e. The zero-order chi connectivity index (χ0) is 20.0. The van der Waals surface area contributed by atoms with Crippen LogP contribution in [0, 0.1) is 0 Å². The molecule has 1 heterocycles. The summed E-state index contributed by atoms with van der Waals surface area (Å²) in [5.74, 6) is 0.675. The van der Waals surface area contributed by atoms with Crippen molar-refractivity contribution in [3.8, 4) is 0 Å². The van der Waals surface area contributed by atoms with Crippen LogP contribution < -0.4 is 15.5 Å². The van der Waals surface area contributed by atoms with Crippen LogP contribution in [0.1, 0.15) is 32.1 Å². The summed E-state index contributed by atoms with van der Waals surface area (Å²) < 4.78 is 5.37. The average Bonchev–Trinajstić information content (AvgIpc) is 3.06. The van der Waals surface area contributed by atoms with Gasteiger partial charge in [0.1, 0.15) is 5.76 Å². The summed E-state index contributed by atoms with van der Waals surface area (Å²) in [7, 11) is 3.89. The largest absolute Gasteiger partial charge is 0.467 e. The van der Waals surface area contributed by atoms with Crippen LogP contribution in [0.15, 0.2) is 41.0 Å². The highest BCUT2D eigenvalue weighted by atomic mass is 16.3. The van der Waals surface area contributed by atoms with Gasteiger partial charge in [-0.25, -0.2) is 4.79 Å². The molecular weight excluding hydrogens is 344 g/mol. The molecule has 2 aromatic rings. The van der Waals surface area contributed by atoms with Gasteiger partial charge in [0, 0.05) is 45.0 Å². The highest BCUT2D eigenvalue weighted by Gasteiger charge is 2.16. The Balaban J connectivity index is 2.24. The molecular formula is C20H28N4O3. The molecule has 146 valence electrons. The molecule has 3 amide bonds. The van der Waals surface area contributed by atoms with E-state index < -0.39 is 0 Å². The second kappa shape index (κ2) is 9.12. The van der Waals surface area contributed by atoms with Gasteiger partial charge < -0.3 is 24.9 Å². The molecule has 0 unspecified atom stereocenters. The van der Waals surface area contributed by atoms with E-state index in [9.17, 15) is 9.59 Å². The van der Waals surface area contributed by atoms with Crippen molar-refractivity contribution in [2.45, 2.75) is 39.9 Å². The summed E-state index contributed by atoms with van der Waals surface area (Å²) in [4.78, 5) is 27.8. The van der Waals surface area contributed by atoms with Crippen molar-refractivity contribution in [3.63, 3.8) is 0 Å². The second-order valence-electron chi connectivity index (χ2n) is 6.95. The predicted molar refractivity (Wildman–Crippen MR) is 107 cm³/mol. The van der Waals surface area contributed by atoms with Gasteiger partial charge in [-0.2, -0.15) is 0 Å². The van der Waals surface area contributed by atoms with E-state index in [1.165, 1.54) is 6.92 Å². The van der Waals surface area contributed by atoms with Crippen LogP contribution in [0.25, 0.3) is 0 Å². The van der Waals surface area contributed by atoms with E-state index in [1.807, 2.05) is 57.1 Å². The summed E-state index contributed by atoms with van der Waals surface area (Å²) in [5, 5.41) is 5.64. The molecule has 0 saturated heterocycles. The lowest BCUT2D eigenvalue weighted by molar-refractivity contribution is -0.130. The number of amides is 3. The van der Waals surface area contributed by atoms with Crippen LogP contribution in [-0.2, 0) is 17.9 Å². The summed E-state index contributed by atoms with van der Waals surface area (Å²) in [6.45, 7) is 6.14. The van der Waals surface area contributed by atoms with Gasteiger partial charge in [0.15, 0.2) is 0 Å². The average molecular weight is 372 g/mol. The molecule has 0 saturated carbocycles. The lowest BCUT2D eigenvalue weighted by Crippen LogP contribution is -2.34. The molecule has 0 aliphatic carbocycles. The van der Waals surface area contributed by atoms with Gasteiger partial charge in [-0.3, -0.25) is 4.79 Å². The first-order valence-corrected chi connectivity index (χ1v) is 8.92. The fourth-order valence-electron chi connectivity index (χ4n) is 2.73. The maximum absolute atomic E-state index is 12.1. The quantitative estimate of drug-likeness (QED) is 0.781. The van der Waals surface area contributed by atoms with Gasteiger partial charge in [0.25, 0.3) is 0 Å². The molecule has 2 N–H and O–H groups in total. The third-order valence-corrected chi connectivity index (χ3v) is 3.97. The number of carbonyl (C=O) groups excluding carboxylic acids is 2. The third kappa shape index (κ3) is 6.06. The molecule has 0 bridgehead atoms. The van der Waals surface area contributed by atoms with Crippen LogP contribution >= 0.6 is 0 Å². The number of furan rings is 1. The Kier molecular flexibility index (Phi) is 6.87. The number of carbonyl (C=O) groups is 2. The van der Waals surface area contributed by atoms with Crippen LogP contribution in [0.3, 0.4) is 0 Å². The van der Waals surface area contributed by atoms with E-state index in [0.717, 1.165) is 17.0 Å². The van der Waals surface area contributed by atoms with Crippen molar-refractivity contribution in [2.75, 3.05) is 24.3 Å². The molecule has 0 spiro atoms. The Hall–Kier alpha value is -2.96. The van der Waals surface area contributed by atoms with Gasteiger partial charge in [-0.1, -0.05) is 0 Å². The van der Waals surface area contributed by atoms with Gasteiger partial charge >= 0.3 is 6.03 Å². The molecule has 7 heteroatoms. The Morgan fingerprint density at radius 2 is 1.89 bits per heavy atom. The van der Waals surface area contributed by atoms with E-state index >= 15 is 0 Å². The topological polar surface area (TPSA) is 77.8 Å². The fourth-order valence-corrected chi connectivity index (χ4v) is 2.73. The first-order chi connectivity index (χ1) is 12.8. The molecule has 7 nitrogen and oxygen atoms in total. The van der Waals surface area contributed by atoms with Gasteiger partial charge in [-0.05, 0) is 49.7 Å². The molecule has 1 aromatic heterocycles. The highest BCUT2D eigenvalue weighted by Crippen LogP contribution is 2.25. The van der Waals surface area contributed by atoms with Crippen molar-refractivity contribution in [3.05, 3.63) is 47.9 Å². The lowest BCUT2D eigenvalue weighted by atomic mass is 10.1. The van der Waals surface area contributed by atoms with Crippen molar-refractivity contribution in [1.82, 2.24) is 10.2 Å². The summed E-state index contributed by atoms with van der Waals surface area (Å²) in [6.07, 6.45) is 1.59. The molecule has 0 aliphatic heterocycles. The summed E-state index contributed by atoms with van der Waals surface area (Å²) in [5.41, 5.74) is 2.59. The summed E-state index contributed by atoms with van der Waals surface area (Å²) in [6, 6.07) is 9.12. The molecule has 0 atom stereocenters. The molecule has 0 fully saturated rings. The van der Waals surface area contributed by atoms with Gasteiger partial charge in [0.05, 0.1) is 12.8 Å². The zero-order valence-corrected chi connectivity index (χ0v) is 16.6. The fraction of sp³-hybridized carbons (Fsp3) is 0.400. The third-order valence-electron chi connectivity index (χ3n) is 3.97. The SMILES string of the molecule is CC(=O)N(Cc1ccco1)Cc1cc(NC(=O)NC(C)C)ccc1N(C)C. The maximum Gasteiger partial charge on any atom is 0.319 e. The first kappa shape index (κ1) is 20.4. The second-order valence-corrected chi connectivity index (χ2v) is 6.95. The summed E-state index contributed by atoms with van der Waals surface area (Å²) >= 11 is 0. The number of anilines is 2. The van der Waals surface area contributed by atoms with Crippen LogP contribution in [0.2, 0.25) is 0 Å². The molecule has 0 aliphatic rings. The number of rotatable bonds is 7. The number of hydrogen-bond donors (Lipinski definition) is 2. The highest BCUT2D eigenvalue weighted by molar-refractivity contribution is 5.90. The monoisotopic (exact) mass is 372 g/mol. The zero-order valence-electron chi connectivity index (χ0n) is 16.6. The number of nitrogens with zero attached hydrogens (tertiary/aromatic N) is 2. The molecule has 27 heavy (non-hydrogen) atoms. The predicted octanol–water partition coefficient (Wildman–Crippen LogP) is 3.42. The van der Waals surface area contributed by atoms with Crippen LogP contribution in [0.5, 0.6) is 0 Å². The molecule has 2 rings (SSSR count). The van der Waals surface area contributed by atoms with Crippen molar-refractivity contribution < 1.29 is 14.0 Å². The number of urea groups is 1. The minimum atomic E-state index is -0.257. The Morgan fingerprint density at radius 3 is 2.44 bits per heavy atom. The Labute approximate surface area is 160 Å². The first-order valence-electron chi connectivity index (χ1n) is 8.92. The number of nitrogens with one attached hydrogen (secondary N) is 2.